The molecule has 2 aromatic carbocycles. The van der Waals surface area contributed by atoms with E-state index in [1.807, 2.05) is 68.1 Å². The monoisotopic (exact) mass is 519 g/mol. The van der Waals surface area contributed by atoms with Gasteiger partial charge in [0.2, 0.25) is 11.9 Å². The number of fused-ring (bicyclic) bond motifs is 1. The molecule has 0 bridgehead atoms. The number of benzene rings is 2. The molecule has 2 aromatic heterocycles. The molecule has 2 heterocycles. The fourth-order valence-corrected chi connectivity index (χ4v) is 4.21. The molecule has 0 aliphatic carbocycles. The highest BCUT2D eigenvalue weighted by Crippen LogP contribution is 2.38. The number of carbonyl (C=O) groups is 1. The molecular formula is C27H30ClN7O2. The van der Waals surface area contributed by atoms with Crippen LogP contribution in [0.1, 0.15) is 0 Å². The number of carbonyl (C=O) groups excluding carboxylic acids is 1. The first kappa shape index (κ1) is 26.0. The Morgan fingerprint density at radius 3 is 2.68 bits per heavy atom. The van der Waals surface area contributed by atoms with Crippen molar-refractivity contribution in [3.05, 3.63) is 66.5 Å². The summed E-state index contributed by atoms with van der Waals surface area (Å²) in [5.41, 5.74) is 3.99. The van der Waals surface area contributed by atoms with E-state index in [4.69, 9.17) is 11.6 Å². The van der Waals surface area contributed by atoms with Crippen LogP contribution in [0.2, 0.25) is 5.02 Å². The molecule has 4 aromatic rings. The Morgan fingerprint density at radius 2 is 1.95 bits per heavy atom. The lowest BCUT2D eigenvalue weighted by molar-refractivity contribution is -0.111. The number of nitrogens with one attached hydrogen (secondary N) is 2. The second kappa shape index (κ2) is 10.9. The number of nitrogens with zero attached hydrogens (tertiary/aromatic N) is 5. The summed E-state index contributed by atoms with van der Waals surface area (Å²) in [6.07, 6.45) is 4.69. The molecule has 4 rings (SSSR count). The van der Waals surface area contributed by atoms with Crippen LogP contribution in [0.3, 0.4) is 0 Å². The number of halogens is 1. The van der Waals surface area contributed by atoms with Crippen molar-refractivity contribution >= 4 is 51.4 Å². The van der Waals surface area contributed by atoms with E-state index in [1.165, 1.54) is 12.3 Å². The minimum Gasteiger partial charge on any atom is -0.506 e. The van der Waals surface area contributed by atoms with Crippen LogP contribution in [0.25, 0.3) is 22.2 Å². The van der Waals surface area contributed by atoms with Gasteiger partial charge in [-0.15, -0.1) is 0 Å². The van der Waals surface area contributed by atoms with Crippen molar-refractivity contribution < 1.29 is 9.90 Å². The number of phenolic OH excluding ortho intramolecular Hbond substituents is 1. The molecule has 0 fully saturated rings. The lowest BCUT2D eigenvalue weighted by Gasteiger charge is -2.25. The van der Waals surface area contributed by atoms with Crippen molar-refractivity contribution in [1.29, 1.82) is 0 Å². The van der Waals surface area contributed by atoms with Crippen LogP contribution in [-0.4, -0.2) is 64.7 Å². The van der Waals surface area contributed by atoms with E-state index >= 15 is 0 Å². The van der Waals surface area contributed by atoms with Crippen LogP contribution in [-0.2, 0) is 11.8 Å². The maximum Gasteiger partial charge on any atom is 0.247 e. The van der Waals surface area contributed by atoms with Gasteiger partial charge in [0.05, 0.1) is 34.0 Å². The predicted molar refractivity (Wildman–Crippen MR) is 151 cm³/mol. The van der Waals surface area contributed by atoms with Gasteiger partial charge in [-0.2, -0.15) is 0 Å². The third kappa shape index (κ3) is 5.68. The van der Waals surface area contributed by atoms with Crippen LogP contribution in [0, 0.1) is 0 Å². The average molecular weight is 520 g/mol. The number of hydrogen-bond acceptors (Lipinski definition) is 7. The molecule has 0 atom stereocenters. The van der Waals surface area contributed by atoms with E-state index in [-0.39, 0.29) is 17.6 Å². The molecule has 0 aliphatic rings. The number of anilines is 4. The second-order valence-corrected chi connectivity index (χ2v) is 9.40. The Bertz CT molecular complexity index is 1460. The first-order valence-electron chi connectivity index (χ1n) is 11.7. The summed E-state index contributed by atoms with van der Waals surface area (Å²) < 4.78 is 2.02. The van der Waals surface area contributed by atoms with Crippen LogP contribution < -0.4 is 15.5 Å². The zero-order chi connectivity index (χ0) is 26.7. The highest BCUT2D eigenvalue weighted by molar-refractivity contribution is 6.33. The van der Waals surface area contributed by atoms with Gasteiger partial charge >= 0.3 is 0 Å². The maximum absolute atomic E-state index is 12.1. The van der Waals surface area contributed by atoms with Gasteiger partial charge in [0.15, 0.2) is 0 Å². The van der Waals surface area contributed by atoms with E-state index in [1.54, 1.807) is 12.1 Å². The van der Waals surface area contributed by atoms with E-state index in [0.29, 0.717) is 34.3 Å². The number of hydrogen-bond donors (Lipinski definition) is 3. The number of likely N-dealkylation sites (N-methyl/N-ethyl adjacent to an activating group) is 2. The molecule has 0 saturated heterocycles. The summed E-state index contributed by atoms with van der Waals surface area (Å²) in [5, 5.41) is 18.2. The number of para-hydroxylation sites is 1. The van der Waals surface area contributed by atoms with Gasteiger partial charge in [-0.25, -0.2) is 9.97 Å². The number of phenols is 1. The first-order chi connectivity index (χ1) is 17.7. The van der Waals surface area contributed by atoms with E-state index in [2.05, 4.69) is 32.1 Å². The summed E-state index contributed by atoms with van der Waals surface area (Å²) in [4.78, 5) is 25.1. The van der Waals surface area contributed by atoms with Crippen molar-refractivity contribution in [2.75, 3.05) is 49.8 Å². The fraction of sp³-hybridized carbons (Fsp3) is 0.222. The molecule has 0 aliphatic heterocycles. The highest BCUT2D eigenvalue weighted by Gasteiger charge is 2.18. The topological polar surface area (TPSA) is 98.5 Å². The normalized spacial score (nSPS) is 11.1. The van der Waals surface area contributed by atoms with Crippen molar-refractivity contribution in [2.24, 2.45) is 7.05 Å². The lowest BCUT2D eigenvalue weighted by Crippen LogP contribution is -2.29. The second-order valence-electron chi connectivity index (χ2n) is 8.99. The van der Waals surface area contributed by atoms with Gasteiger partial charge in [-0.1, -0.05) is 36.4 Å². The van der Waals surface area contributed by atoms with Crippen molar-refractivity contribution in [3.8, 4) is 17.0 Å². The summed E-state index contributed by atoms with van der Waals surface area (Å²) >= 11 is 6.50. The van der Waals surface area contributed by atoms with Gasteiger partial charge in [-0.3, -0.25) is 4.79 Å². The molecule has 0 radical (unpaired) electrons. The number of rotatable bonds is 9. The molecule has 192 valence electrons. The fourth-order valence-electron chi connectivity index (χ4n) is 4.01. The summed E-state index contributed by atoms with van der Waals surface area (Å²) in [6, 6.07) is 11.2. The smallest absolute Gasteiger partial charge is 0.247 e. The van der Waals surface area contributed by atoms with Crippen LogP contribution in [0.4, 0.5) is 23.0 Å². The van der Waals surface area contributed by atoms with Gasteiger partial charge in [0.25, 0.3) is 0 Å². The summed E-state index contributed by atoms with van der Waals surface area (Å²) in [6.45, 7) is 5.02. The van der Waals surface area contributed by atoms with Crippen LogP contribution in [0.15, 0.2) is 61.4 Å². The molecule has 0 unspecified atom stereocenters. The van der Waals surface area contributed by atoms with Crippen LogP contribution in [0.5, 0.6) is 5.75 Å². The Balaban J connectivity index is 1.71. The zero-order valence-electron chi connectivity index (χ0n) is 21.3. The van der Waals surface area contributed by atoms with Gasteiger partial charge in [-0.05, 0) is 32.3 Å². The molecule has 3 N–H and O–H groups in total. The Hall–Kier alpha value is -4.08. The number of amides is 1. The number of aromatic hydroxyl groups is 1. The molecular weight excluding hydrogens is 490 g/mol. The van der Waals surface area contributed by atoms with Crippen molar-refractivity contribution in [3.63, 3.8) is 0 Å². The number of aryl methyl sites for hydroxylation is 1. The third-order valence-corrected chi connectivity index (χ3v) is 6.27. The van der Waals surface area contributed by atoms with Crippen molar-refractivity contribution in [2.45, 2.75) is 0 Å². The van der Waals surface area contributed by atoms with E-state index in [0.717, 1.165) is 23.0 Å². The van der Waals surface area contributed by atoms with E-state index in [9.17, 15) is 9.90 Å². The summed E-state index contributed by atoms with van der Waals surface area (Å²) in [7, 11) is 7.83. The van der Waals surface area contributed by atoms with Gasteiger partial charge in [0, 0.05) is 55.9 Å². The molecule has 9 nitrogen and oxygen atoms in total. The Kier molecular flexibility index (Phi) is 7.66. The standard InChI is InChI=1S/C27H30ClN7O2/c1-6-25(37)30-20-13-21(24(36)14-23(20)34(4)12-11-33(2)3)31-27-29-15-19(28)26(32-27)18-16-35(5)22-10-8-7-9-17(18)22/h6-10,13-16,36H,1,11-12H2,2-5H3,(H,30,37)(H,29,31,32). The molecule has 1 amide bonds. The molecule has 0 saturated carbocycles. The summed E-state index contributed by atoms with van der Waals surface area (Å²) in [5.74, 6) is -0.134. The quantitative estimate of drug-likeness (QED) is 0.165. The average Bonchev–Trinajstić information content (AvgIpc) is 3.21. The van der Waals surface area contributed by atoms with E-state index < -0.39 is 0 Å². The molecule has 37 heavy (non-hydrogen) atoms. The zero-order valence-corrected chi connectivity index (χ0v) is 22.0. The third-order valence-electron chi connectivity index (χ3n) is 5.99. The largest absolute Gasteiger partial charge is 0.506 e. The minimum absolute atomic E-state index is 0.0198. The molecule has 0 spiro atoms. The number of aromatic nitrogens is 3. The van der Waals surface area contributed by atoms with Crippen LogP contribution >= 0.6 is 11.6 Å². The minimum atomic E-state index is -0.361. The Labute approximate surface area is 221 Å². The van der Waals surface area contributed by atoms with Gasteiger partial charge < -0.3 is 30.1 Å². The van der Waals surface area contributed by atoms with Crippen molar-refractivity contribution in [1.82, 2.24) is 19.4 Å². The SMILES string of the molecule is C=CC(=O)Nc1cc(Nc2ncc(Cl)c(-c3cn(C)c4ccccc34)n2)c(O)cc1N(C)CCN(C)C. The lowest BCUT2D eigenvalue weighted by atomic mass is 10.1. The predicted octanol–water partition coefficient (Wildman–Crippen LogP) is 4.86. The highest BCUT2D eigenvalue weighted by atomic mass is 35.5. The Morgan fingerprint density at radius 1 is 1.19 bits per heavy atom. The maximum atomic E-state index is 12.1. The van der Waals surface area contributed by atoms with Gasteiger partial charge in [0.1, 0.15) is 5.75 Å². The molecule has 10 heteroatoms. The first-order valence-corrected chi connectivity index (χ1v) is 12.1.